The lowest BCUT2D eigenvalue weighted by molar-refractivity contribution is 0.121. The summed E-state index contributed by atoms with van der Waals surface area (Å²) in [6.45, 7) is 8.33. The van der Waals surface area contributed by atoms with Gasteiger partial charge in [-0.1, -0.05) is 35.8 Å². The molecule has 1 aliphatic heterocycles. The number of benzene rings is 1. The minimum Gasteiger partial charge on any atom is -0.338 e. The van der Waals surface area contributed by atoms with Gasteiger partial charge >= 0.3 is 0 Å². The van der Waals surface area contributed by atoms with Gasteiger partial charge in [-0.15, -0.1) is 0 Å². The van der Waals surface area contributed by atoms with Crippen molar-refractivity contribution in [2.24, 2.45) is 0 Å². The molecule has 1 aromatic heterocycles. The zero-order chi connectivity index (χ0) is 14.7. The Balaban J connectivity index is 1.63. The third-order valence-corrected chi connectivity index (χ3v) is 4.06. The van der Waals surface area contributed by atoms with E-state index in [2.05, 4.69) is 26.9 Å². The lowest BCUT2D eigenvalue weighted by Crippen LogP contribution is -2.45. The summed E-state index contributed by atoms with van der Waals surface area (Å²) in [5.74, 6) is 1.26. The van der Waals surface area contributed by atoms with Crippen molar-refractivity contribution in [3.05, 3.63) is 35.2 Å². The molecule has 2 heterocycles. The van der Waals surface area contributed by atoms with Crippen molar-refractivity contribution < 1.29 is 4.52 Å². The van der Waals surface area contributed by atoms with Crippen LogP contribution in [0.2, 0.25) is 5.02 Å². The summed E-state index contributed by atoms with van der Waals surface area (Å²) >= 11 is 5.99. The molecule has 0 atom stereocenters. The number of aromatic nitrogens is 2. The van der Waals surface area contributed by atoms with Crippen LogP contribution in [0.5, 0.6) is 0 Å². The topological polar surface area (TPSA) is 45.4 Å². The first-order valence-electron chi connectivity index (χ1n) is 7.28. The van der Waals surface area contributed by atoms with Gasteiger partial charge < -0.3 is 9.42 Å². The average molecular weight is 307 g/mol. The summed E-state index contributed by atoms with van der Waals surface area (Å²) in [6, 6.07) is 7.49. The molecule has 2 aromatic rings. The molecular formula is C15H19ClN4O. The molecule has 0 spiro atoms. The van der Waals surface area contributed by atoms with Gasteiger partial charge in [-0.05, 0) is 18.7 Å². The molecule has 0 aliphatic carbocycles. The maximum absolute atomic E-state index is 5.99. The summed E-state index contributed by atoms with van der Waals surface area (Å²) in [5.41, 5.74) is 0.883. The highest BCUT2D eigenvalue weighted by Gasteiger charge is 2.18. The Morgan fingerprint density at radius 3 is 2.67 bits per heavy atom. The van der Waals surface area contributed by atoms with E-state index in [0.29, 0.717) is 23.3 Å². The van der Waals surface area contributed by atoms with Crippen LogP contribution >= 0.6 is 11.6 Å². The number of rotatable bonds is 4. The molecule has 3 rings (SSSR count). The molecule has 5 nitrogen and oxygen atoms in total. The summed E-state index contributed by atoms with van der Waals surface area (Å²) < 4.78 is 5.36. The van der Waals surface area contributed by atoms with Crippen LogP contribution in [0.4, 0.5) is 0 Å². The predicted molar refractivity (Wildman–Crippen MR) is 82.1 cm³/mol. The second kappa shape index (κ2) is 6.56. The molecule has 112 valence electrons. The maximum Gasteiger partial charge on any atom is 0.241 e. The van der Waals surface area contributed by atoms with E-state index in [1.807, 2.05) is 24.3 Å². The van der Waals surface area contributed by atoms with E-state index >= 15 is 0 Å². The summed E-state index contributed by atoms with van der Waals surface area (Å²) in [6.07, 6.45) is 0. The molecule has 21 heavy (non-hydrogen) atoms. The third-order valence-electron chi connectivity index (χ3n) is 3.82. The molecule has 1 fully saturated rings. The highest BCUT2D eigenvalue weighted by molar-refractivity contribution is 6.30. The maximum atomic E-state index is 5.99. The van der Waals surface area contributed by atoms with E-state index < -0.39 is 0 Å². The molecule has 0 radical (unpaired) electrons. The SMILES string of the molecule is CCN1CCN(Cc2nc(-c3cccc(Cl)c3)no2)CC1. The van der Waals surface area contributed by atoms with Crippen LogP contribution in [-0.4, -0.2) is 52.7 Å². The van der Waals surface area contributed by atoms with Gasteiger partial charge in [0.05, 0.1) is 6.54 Å². The smallest absolute Gasteiger partial charge is 0.241 e. The second-order valence-corrected chi connectivity index (χ2v) is 5.67. The molecule has 0 bridgehead atoms. The van der Waals surface area contributed by atoms with E-state index in [1.54, 1.807) is 0 Å². The van der Waals surface area contributed by atoms with Crippen LogP contribution in [0.3, 0.4) is 0 Å². The molecule has 0 saturated carbocycles. The van der Waals surface area contributed by atoms with Gasteiger partial charge in [-0.25, -0.2) is 0 Å². The van der Waals surface area contributed by atoms with Crippen molar-refractivity contribution in [1.29, 1.82) is 0 Å². The minimum absolute atomic E-state index is 0.597. The van der Waals surface area contributed by atoms with Crippen molar-refractivity contribution in [2.45, 2.75) is 13.5 Å². The van der Waals surface area contributed by atoms with Gasteiger partial charge in [0.2, 0.25) is 11.7 Å². The van der Waals surface area contributed by atoms with Gasteiger partial charge in [0.15, 0.2) is 0 Å². The van der Waals surface area contributed by atoms with E-state index in [4.69, 9.17) is 16.1 Å². The summed E-state index contributed by atoms with van der Waals surface area (Å²) in [7, 11) is 0. The Morgan fingerprint density at radius 1 is 1.19 bits per heavy atom. The van der Waals surface area contributed by atoms with Crippen molar-refractivity contribution >= 4 is 11.6 Å². The normalized spacial score (nSPS) is 17.2. The first-order valence-corrected chi connectivity index (χ1v) is 7.65. The molecule has 0 amide bonds. The van der Waals surface area contributed by atoms with Crippen molar-refractivity contribution in [2.75, 3.05) is 32.7 Å². The standard InChI is InChI=1S/C15H19ClN4O/c1-2-19-6-8-20(9-7-19)11-14-17-15(18-21-14)12-4-3-5-13(16)10-12/h3-5,10H,2,6-9,11H2,1H3. The minimum atomic E-state index is 0.597. The monoisotopic (exact) mass is 306 g/mol. The van der Waals surface area contributed by atoms with E-state index in [-0.39, 0.29) is 0 Å². The van der Waals surface area contributed by atoms with Crippen LogP contribution in [-0.2, 0) is 6.54 Å². The Morgan fingerprint density at radius 2 is 1.95 bits per heavy atom. The van der Waals surface area contributed by atoms with Crippen molar-refractivity contribution in [1.82, 2.24) is 19.9 Å². The average Bonchev–Trinajstić information content (AvgIpc) is 2.97. The van der Waals surface area contributed by atoms with Gasteiger partial charge in [0.1, 0.15) is 0 Å². The zero-order valence-corrected chi connectivity index (χ0v) is 12.9. The molecule has 1 aromatic carbocycles. The molecule has 6 heteroatoms. The fraction of sp³-hybridized carbons (Fsp3) is 0.467. The van der Waals surface area contributed by atoms with Crippen LogP contribution in [0.1, 0.15) is 12.8 Å². The van der Waals surface area contributed by atoms with E-state index in [1.165, 1.54) is 0 Å². The van der Waals surface area contributed by atoms with Gasteiger partial charge in [-0.3, -0.25) is 4.90 Å². The number of hydrogen-bond acceptors (Lipinski definition) is 5. The highest BCUT2D eigenvalue weighted by Crippen LogP contribution is 2.20. The van der Waals surface area contributed by atoms with Crippen LogP contribution < -0.4 is 0 Å². The molecule has 0 N–H and O–H groups in total. The molecule has 0 unspecified atom stereocenters. The van der Waals surface area contributed by atoms with Gasteiger partial charge in [0.25, 0.3) is 0 Å². The van der Waals surface area contributed by atoms with E-state index in [0.717, 1.165) is 38.3 Å². The van der Waals surface area contributed by atoms with Gasteiger partial charge in [0, 0.05) is 36.8 Å². The zero-order valence-electron chi connectivity index (χ0n) is 12.1. The van der Waals surface area contributed by atoms with Gasteiger partial charge in [-0.2, -0.15) is 4.98 Å². The summed E-state index contributed by atoms with van der Waals surface area (Å²) in [4.78, 5) is 9.26. The summed E-state index contributed by atoms with van der Waals surface area (Å²) in [5, 5.41) is 4.72. The van der Waals surface area contributed by atoms with Crippen molar-refractivity contribution in [3.63, 3.8) is 0 Å². The number of piperazine rings is 1. The predicted octanol–water partition coefficient (Wildman–Crippen LogP) is 2.53. The van der Waals surface area contributed by atoms with E-state index in [9.17, 15) is 0 Å². The fourth-order valence-corrected chi connectivity index (χ4v) is 2.71. The largest absolute Gasteiger partial charge is 0.338 e. The quantitative estimate of drug-likeness (QED) is 0.868. The second-order valence-electron chi connectivity index (χ2n) is 5.23. The number of hydrogen-bond donors (Lipinski definition) is 0. The Kier molecular flexibility index (Phi) is 4.53. The Hall–Kier alpha value is -1.43. The van der Waals surface area contributed by atoms with Crippen LogP contribution in [0, 0.1) is 0 Å². The van der Waals surface area contributed by atoms with Crippen LogP contribution in [0.15, 0.2) is 28.8 Å². The highest BCUT2D eigenvalue weighted by atomic mass is 35.5. The number of halogens is 1. The molecule has 1 aliphatic rings. The first kappa shape index (κ1) is 14.5. The Bertz CT molecular complexity index is 593. The third kappa shape index (κ3) is 3.61. The van der Waals surface area contributed by atoms with Crippen LogP contribution in [0.25, 0.3) is 11.4 Å². The molecular weight excluding hydrogens is 288 g/mol. The lowest BCUT2D eigenvalue weighted by atomic mass is 10.2. The first-order chi connectivity index (χ1) is 10.2. The number of likely N-dealkylation sites (N-methyl/N-ethyl adjacent to an activating group) is 1. The number of nitrogens with zero attached hydrogens (tertiary/aromatic N) is 4. The lowest BCUT2D eigenvalue weighted by Gasteiger charge is -2.33. The van der Waals surface area contributed by atoms with Crippen molar-refractivity contribution in [3.8, 4) is 11.4 Å². The Labute approximate surface area is 129 Å². The molecule has 1 saturated heterocycles. The fourth-order valence-electron chi connectivity index (χ4n) is 2.52.